The maximum absolute atomic E-state index is 13.0. The van der Waals surface area contributed by atoms with Gasteiger partial charge in [0.25, 0.3) is 5.91 Å². The van der Waals surface area contributed by atoms with Gasteiger partial charge in [0.1, 0.15) is 16.4 Å². The van der Waals surface area contributed by atoms with Gasteiger partial charge in [-0.05, 0) is 49.4 Å². The van der Waals surface area contributed by atoms with E-state index in [2.05, 4.69) is 5.32 Å². The lowest BCUT2D eigenvalue weighted by molar-refractivity contribution is -0.118. The van der Waals surface area contributed by atoms with Gasteiger partial charge in [0.15, 0.2) is 6.61 Å². The van der Waals surface area contributed by atoms with Crippen LogP contribution in [0.4, 0.5) is 5.69 Å². The first-order chi connectivity index (χ1) is 14.3. The van der Waals surface area contributed by atoms with Crippen LogP contribution in [0.2, 0.25) is 0 Å². The Balaban J connectivity index is 2.17. The molecule has 1 N–H and O–H groups in total. The molecule has 0 unspecified atom stereocenters. The van der Waals surface area contributed by atoms with Crippen LogP contribution in [-0.2, 0) is 14.8 Å². The molecule has 0 fully saturated rings. The van der Waals surface area contributed by atoms with Gasteiger partial charge in [-0.25, -0.2) is 8.42 Å². The van der Waals surface area contributed by atoms with Crippen molar-refractivity contribution in [2.75, 3.05) is 31.6 Å². The number of nitrogens with zero attached hydrogens (tertiary/aromatic N) is 2. The maximum Gasteiger partial charge on any atom is 0.262 e. The highest BCUT2D eigenvalue weighted by molar-refractivity contribution is 7.89. The van der Waals surface area contributed by atoms with Crippen LogP contribution in [0, 0.1) is 11.3 Å². The third kappa shape index (κ3) is 5.72. The zero-order valence-corrected chi connectivity index (χ0v) is 18.0. The highest BCUT2D eigenvalue weighted by Gasteiger charge is 2.26. The van der Waals surface area contributed by atoms with Gasteiger partial charge in [0.05, 0.1) is 18.2 Å². The summed E-state index contributed by atoms with van der Waals surface area (Å²) in [7, 11) is -3.77. The van der Waals surface area contributed by atoms with Gasteiger partial charge in [-0.2, -0.15) is 9.57 Å². The predicted molar refractivity (Wildman–Crippen MR) is 113 cm³/mol. The summed E-state index contributed by atoms with van der Waals surface area (Å²) >= 11 is 0. The van der Waals surface area contributed by atoms with Crippen LogP contribution in [0.1, 0.15) is 26.3 Å². The molecule has 0 saturated heterocycles. The molecule has 0 bridgehead atoms. The lowest BCUT2D eigenvalue weighted by atomic mass is 10.2. The van der Waals surface area contributed by atoms with Crippen molar-refractivity contribution in [3.8, 4) is 17.6 Å². The summed E-state index contributed by atoms with van der Waals surface area (Å²) in [5.74, 6) is 0.228. The van der Waals surface area contributed by atoms with Crippen molar-refractivity contribution < 1.29 is 22.7 Å². The molecule has 0 saturated carbocycles. The van der Waals surface area contributed by atoms with Crippen LogP contribution in [-0.4, -0.2) is 44.9 Å². The minimum Gasteiger partial charge on any atom is -0.492 e. The number of sulfonamides is 1. The van der Waals surface area contributed by atoms with E-state index in [1.54, 1.807) is 51.1 Å². The molecule has 1 amide bonds. The fourth-order valence-electron chi connectivity index (χ4n) is 2.74. The van der Waals surface area contributed by atoms with Gasteiger partial charge < -0.3 is 14.8 Å². The number of rotatable bonds is 10. The zero-order valence-electron chi connectivity index (χ0n) is 17.2. The van der Waals surface area contributed by atoms with Crippen LogP contribution in [0.3, 0.4) is 0 Å². The average Bonchev–Trinajstić information content (AvgIpc) is 2.74. The smallest absolute Gasteiger partial charge is 0.262 e. The molecule has 0 aliphatic heterocycles. The Morgan fingerprint density at radius 3 is 2.30 bits per heavy atom. The van der Waals surface area contributed by atoms with Gasteiger partial charge in [0, 0.05) is 18.8 Å². The Labute approximate surface area is 177 Å². The second-order valence-corrected chi connectivity index (χ2v) is 8.06. The fourth-order valence-corrected chi connectivity index (χ4v) is 4.35. The minimum atomic E-state index is -3.77. The zero-order chi connectivity index (χ0) is 22.1. The Kier molecular flexibility index (Phi) is 8.21. The summed E-state index contributed by atoms with van der Waals surface area (Å²) in [5, 5.41) is 11.4. The second-order valence-electron chi connectivity index (χ2n) is 6.16. The van der Waals surface area contributed by atoms with E-state index < -0.39 is 15.9 Å². The lowest BCUT2D eigenvalue weighted by Crippen LogP contribution is -2.31. The first-order valence-corrected chi connectivity index (χ1v) is 11.0. The average molecular weight is 432 g/mol. The lowest BCUT2D eigenvalue weighted by Gasteiger charge is -2.21. The van der Waals surface area contributed by atoms with E-state index in [0.717, 1.165) is 0 Å². The molecule has 2 rings (SSSR count). The predicted octanol–water partition coefficient (Wildman–Crippen LogP) is 3.00. The van der Waals surface area contributed by atoms with Crippen LogP contribution in [0.15, 0.2) is 47.4 Å². The number of anilines is 1. The van der Waals surface area contributed by atoms with Gasteiger partial charge in [-0.15, -0.1) is 0 Å². The van der Waals surface area contributed by atoms with Crippen LogP contribution < -0.4 is 14.8 Å². The maximum atomic E-state index is 13.0. The molecule has 30 heavy (non-hydrogen) atoms. The first kappa shape index (κ1) is 23.2. The summed E-state index contributed by atoms with van der Waals surface area (Å²) in [6.07, 6.45) is 0. The van der Waals surface area contributed by atoms with Crippen LogP contribution >= 0.6 is 0 Å². The number of carbonyl (C=O) groups is 1. The molecule has 8 nitrogen and oxygen atoms in total. The second kappa shape index (κ2) is 10.6. The standard InChI is InChI=1S/C21H25N3O5S/c1-4-24(5-2)30(26,27)20-13-17(9-12-19(20)28-6-3)23-21(25)15-29-18-10-7-16(14-22)8-11-18/h7-13H,4-6,15H2,1-3H3,(H,23,25). The molecule has 0 atom stereocenters. The number of benzene rings is 2. The Morgan fingerprint density at radius 2 is 1.73 bits per heavy atom. The molecule has 160 valence electrons. The van der Waals surface area contributed by atoms with E-state index in [1.807, 2.05) is 6.07 Å². The van der Waals surface area contributed by atoms with E-state index in [1.165, 1.54) is 16.4 Å². The molecule has 0 radical (unpaired) electrons. The molecular weight excluding hydrogens is 406 g/mol. The third-order valence-corrected chi connectivity index (χ3v) is 6.27. The van der Waals surface area contributed by atoms with Crippen molar-refractivity contribution in [1.29, 1.82) is 5.26 Å². The summed E-state index contributed by atoms with van der Waals surface area (Å²) in [6.45, 7) is 5.96. The molecule has 0 aliphatic carbocycles. The summed E-state index contributed by atoms with van der Waals surface area (Å²) in [4.78, 5) is 12.2. The quantitative estimate of drug-likeness (QED) is 0.619. The molecule has 0 spiro atoms. The Bertz CT molecular complexity index is 1010. The number of hydrogen-bond donors (Lipinski definition) is 1. The van der Waals surface area contributed by atoms with Crippen LogP contribution in [0.25, 0.3) is 0 Å². The van der Waals surface area contributed by atoms with E-state index in [9.17, 15) is 13.2 Å². The van der Waals surface area contributed by atoms with Crippen molar-refractivity contribution >= 4 is 21.6 Å². The number of carbonyl (C=O) groups excluding carboxylic acids is 1. The molecule has 2 aromatic carbocycles. The van der Waals surface area contributed by atoms with E-state index >= 15 is 0 Å². The van der Waals surface area contributed by atoms with Gasteiger partial charge in [0.2, 0.25) is 10.0 Å². The van der Waals surface area contributed by atoms with Gasteiger partial charge in [-0.1, -0.05) is 13.8 Å². The molecule has 0 aliphatic rings. The highest BCUT2D eigenvalue weighted by atomic mass is 32.2. The monoisotopic (exact) mass is 431 g/mol. The first-order valence-electron chi connectivity index (χ1n) is 9.55. The Hall–Kier alpha value is -3.09. The van der Waals surface area contributed by atoms with E-state index in [0.29, 0.717) is 36.7 Å². The largest absolute Gasteiger partial charge is 0.492 e. The number of ether oxygens (including phenoxy) is 2. The van der Waals surface area contributed by atoms with Crippen molar-refractivity contribution in [1.82, 2.24) is 4.31 Å². The van der Waals surface area contributed by atoms with Crippen LogP contribution in [0.5, 0.6) is 11.5 Å². The van der Waals surface area contributed by atoms with E-state index in [4.69, 9.17) is 14.7 Å². The third-order valence-electron chi connectivity index (χ3n) is 4.20. The van der Waals surface area contributed by atoms with Crippen molar-refractivity contribution in [3.05, 3.63) is 48.0 Å². The SMILES string of the molecule is CCOc1ccc(NC(=O)COc2ccc(C#N)cc2)cc1S(=O)(=O)N(CC)CC. The fraction of sp³-hybridized carbons (Fsp3) is 0.333. The summed E-state index contributed by atoms with van der Waals surface area (Å²) in [5.41, 5.74) is 0.806. The molecular formula is C21H25N3O5S. The number of hydrogen-bond acceptors (Lipinski definition) is 6. The normalized spacial score (nSPS) is 11.0. The molecule has 9 heteroatoms. The van der Waals surface area contributed by atoms with E-state index in [-0.39, 0.29) is 17.3 Å². The van der Waals surface area contributed by atoms with Crippen molar-refractivity contribution in [2.24, 2.45) is 0 Å². The number of nitriles is 1. The van der Waals surface area contributed by atoms with Gasteiger partial charge >= 0.3 is 0 Å². The van der Waals surface area contributed by atoms with Crippen molar-refractivity contribution in [2.45, 2.75) is 25.7 Å². The van der Waals surface area contributed by atoms with Crippen molar-refractivity contribution in [3.63, 3.8) is 0 Å². The molecule has 2 aromatic rings. The highest BCUT2D eigenvalue weighted by Crippen LogP contribution is 2.30. The Morgan fingerprint density at radius 1 is 1.07 bits per heavy atom. The van der Waals surface area contributed by atoms with Gasteiger partial charge in [-0.3, -0.25) is 4.79 Å². The number of nitrogens with one attached hydrogen (secondary N) is 1. The minimum absolute atomic E-state index is 0.00105. The summed E-state index contributed by atoms with van der Waals surface area (Å²) < 4.78 is 38.2. The molecule has 0 aromatic heterocycles. The number of amides is 1. The summed E-state index contributed by atoms with van der Waals surface area (Å²) in [6, 6.07) is 12.9. The molecule has 0 heterocycles. The topological polar surface area (TPSA) is 109 Å².